The summed E-state index contributed by atoms with van der Waals surface area (Å²) < 4.78 is 16.3. The normalized spacial score (nSPS) is 11.1. The van der Waals surface area contributed by atoms with Crippen molar-refractivity contribution in [1.29, 1.82) is 0 Å². The van der Waals surface area contributed by atoms with Crippen LogP contribution < -0.4 is 10.1 Å². The summed E-state index contributed by atoms with van der Waals surface area (Å²) in [5.74, 6) is 1.27. The molecule has 0 heterocycles. The van der Waals surface area contributed by atoms with Gasteiger partial charge in [0.05, 0.1) is 18.2 Å². The maximum Gasteiger partial charge on any atom is 0.142 e. The van der Waals surface area contributed by atoms with Gasteiger partial charge in [-0.2, -0.15) is 0 Å². The van der Waals surface area contributed by atoms with E-state index in [-0.39, 0.29) is 0 Å². The molecule has 0 aromatic heterocycles. The second-order valence-electron chi connectivity index (χ2n) is 5.21. The standard InChI is InChI=1S/C16H26ClNO3/c1-13(2)12-20-9-10-21-16-14(5-4-6-15(16)17)11-18-7-8-19-3/h4-6,13,18H,7-12H2,1-3H3. The van der Waals surface area contributed by atoms with E-state index < -0.39 is 0 Å². The van der Waals surface area contributed by atoms with Gasteiger partial charge in [-0.25, -0.2) is 0 Å². The molecule has 1 aromatic carbocycles. The molecule has 0 saturated carbocycles. The van der Waals surface area contributed by atoms with Gasteiger partial charge in [0.25, 0.3) is 0 Å². The van der Waals surface area contributed by atoms with Crippen molar-refractivity contribution in [2.45, 2.75) is 20.4 Å². The van der Waals surface area contributed by atoms with Crippen LogP contribution in [0.1, 0.15) is 19.4 Å². The highest BCUT2D eigenvalue weighted by Crippen LogP contribution is 2.28. The second kappa shape index (κ2) is 10.9. The van der Waals surface area contributed by atoms with Gasteiger partial charge in [-0.05, 0) is 12.0 Å². The Morgan fingerprint density at radius 3 is 2.71 bits per heavy atom. The molecule has 21 heavy (non-hydrogen) atoms. The molecule has 0 saturated heterocycles. The first kappa shape index (κ1) is 18.2. The smallest absolute Gasteiger partial charge is 0.142 e. The van der Waals surface area contributed by atoms with E-state index in [0.717, 1.165) is 24.5 Å². The van der Waals surface area contributed by atoms with Gasteiger partial charge in [-0.1, -0.05) is 37.6 Å². The molecule has 4 nitrogen and oxygen atoms in total. The van der Waals surface area contributed by atoms with Crippen molar-refractivity contribution in [1.82, 2.24) is 5.32 Å². The number of hydrogen-bond acceptors (Lipinski definition) is 4. The van der Waals surface area contributed by atoms with E-state index in [9.17, 15) is 0 Å². The quantitative estimate of drug-likeness (QED) is 0.637. The van der Waals surface area contributed by atoms with Gasteiger partial charge in [0.1, 0.15) is 12.4 Å². The maximum atomic E-state index is 6.21. The number of benzene rings is 1. The Kier molecular flexibility index (Phi) is 9.42. The van der Waals surface area contributed by atoms with Gasteiger partial charge in [-0.3, -0.25) is 0 Å². The first-order chi connectivity index (χ1) is 10.1. The first-order valence-electron chi connectivity index (χ1n) is 7.32. The van der Waals surface area contributed by atoms with Crippen LogP contribution in [0.3, 0.4) is 0 Å². The van der Waals surface area contributed by atoms with Gasteiger partial charge in [0, 0.05) is 32.4 Å². The van der Waals surface area contributed by atoms with E-state index in [4.69, 9.17) is 25.8 Å². The van der Waals surface area contributed by atoms with E-state index in [1.807, 2.05) is 18.2 Å². The number of rotatable bonds is 11. The topological polar surface area (TPSA) is 39.7 Å². The van der Waals surface area contributed by atoms with Gasteiger partial charge in [0.2, 0.25) is 0 Å². The van der Waals surface area contributed by atoms with E-state index >= 15 is 0 Å². The van der Waals surface area contributed by atoms with Crippen LogP contribution in [-0.4, -0.2) is 40.1 Å². The Morgan fingerprint density at radius 1 is 1.19 bits per heavy atom. The number of nitrogens with one attached hydrogen (secondary N) is 1. The molecule has 0 amide bonds. The van der Waals surface area contributed by atoms with Crippen molar-refractivity contribution in [3.8, 4) is 5.75 Å². The molecule has 1 rings (SSSR count). The van der Waals surface area contributed by atoms with Crippen LogP contribution in [-0.2, 0) is 16.0 Å². The van der Waals surface area contributed by atoms with Crippen molar-refractivity contribution in [3.63, 3.8) is 0 Å². The van der Waals surface area contributed by atoms with E-state index in [1.54, 1.807) is 7.11 Å². The lowest BCUT2D eigenvalue weighted by Crippen LogP contribution is -2.19. The Labute approximate surface area is 132 Å². The van der Waals surface area contributed by atoms with Crippen LogP contribution in [0.4, 0.5) is 0 Å². The second-order valence-corrected chi connectivity index (χ2v) is 5.62. The molecule has 0 unspecified atom stereocenters. The number of halogens is 1. The zero-order valence-corrected chi connectivity index (χ0v) is 13.9. The minimum absolute atomic E-state index is 0.502. The lowest BCUT2D eigenvalue weighted by Gasteiger charge is -2.14. The molecular formula is C16H26ClNO3. The Balaban J connectivity index is 2.43. The number of hydrogen-bond donors (Lipinski definition) is 1. The number of para-hydroxylation sites is 1. The van der Waals surface area contributed by atoms with Crippen LogP contribution in [0.5, 0.6) is 5.75 Å². The molecule has 0 aliphatic carbocycles. The third-order valence-corrected chi connectivity index (χ3v) is 3.07. The summed E-state index contributed by atoms with van der Waals surface area (Å²) in [5, 5.41) is 3.92. The van der Waals surface area contributed by atoms with Crippen LogP contribution in [0, 0.1) is 5.92 Å². The highest BCUT2D eigenvalue weighted by molar-refractivity contribution is 6.32. The Morgan fingerprint density at radius 2 is 2.00 bits per heavy atom. The number of ether oxygens (including phenoxy) is 3. The van der Waals surface area contributed by atoms with Gasteiger partial charge >= 0.3 is 0 Å². The predicted molar refractivity (Wildman–Crippen MR) is 86.2 cm³/mol. The van der Waals surface area contributed by atoms with Gasteiger partial charge in [0.15, 0.2) is 0 Å². The van der Waals surface area contributed by atoms with E-state index in [2.05, 4.69) is 19.2 Å². The monoisotopic (exact) mass is 315 g/mol. The Hall–Kier alpha value is -0.810. The van der Waals surface area contributed by atoms with Crippen molar-refractivity contribution in [2.75, 3.05) is 40.1 Å². The summed E-state index contributed by atoms with van der Waals surface area (Å²) >= 11 is 6.21. The molecule has 0 radical (unpaired) electrons. The molecule has 1 N–H and O–H groups in total. The molecular weight excluding hydrogens is 290 g/mol. The van der Waals surface area contributed by atoms with E-state index in [0.29, 0.717) is 37.3 Å². The lowest BCUT2D eigenvalue weighted by atomic mass is 10.2. The highest BCUT2D eigenvalue weighted by atomic mass is 35.5. The molecule has 1 aromatic rings. The minimum Gasteiger partial charge on any atom is -0.489 e. The first-order valence-corrected chi connectivity index (χ1v) is 7.70. The summed E-state index contributed by atoms with van der Waals surface area (Å²) in [4.78, 5) is 0. The van der Waals surface area contributed by atoms with Crippen LogP contribution >= 0.6 is 11.6 Å². The fourth-order valence-electron chi connectivity index (χ4n) is 1.77. The molecule has 0 bridgehead atoms. The molecule has 0 spiro atoms. The fourth-order valence-corrected chi connectivity index (χ4v) is 2.02. The summed E-state index contributed by atoms with van der Waals surface area (Å²) in [5.41, 5.74) is 1.04. The van der Waals surface area contributed by atoms with Gasteiger partial charge < -0.3 is 19.5 Å². The van der Waals surface area contributed by atoms with Crippen molar-refractivity contribution in [2.24, 2.45) is 5.92 Å². The highest BCUT2D eigenvalue weighted by Gasteiger charge is 2.08. The summed E-state index contributed by atoms with van der Waals surface area (Å²) in [6.45, 7) is 8.24. The minimum atomic E-state index is 0.502. The number of methoxy groups -OCH3 is 1. The predicted octanol–water partition coefficient (Wildman–Crippen LogP) is 3.13. The van der Waals surface area contributed by atoms with Crippen LogP contribution in [0.2, 0.25) is 5.02 Å². The zero-order valence-electron chi connectivity index (χ0n) is 13.2. The molecule has 0 aliphatic rings. The average Bonchev–Trinajstić information content (AvgIpc) is 2.45. The molecule has 0 atom stereocenters. The third-order valence-electron chi connectivity index (χ3n) is 2.77. The molecule has 0 fully saturated rings. The SMILES string of the molecule is COCCNCc1cccc(Cl)c1OCCOCC(C)C. The zero-order chi connectivity index (χ0) is 15.5. The lowest BCUT2D eigenvalue weighted by molar-refractivity contribution is 0.0816. The van der Waals surface area contributed by atoms with Crippen LogP contribution in [0.25, 0.3) is 0 Å². The van der Waals surface area contributed by atoms with Gasteiger partial charge in [-0.15, -0.1) is 0 Å². The summed E-state index contributed by atoms with van der Waals surface area (Å²) in [7, 11) is 1.69. The molecule has 5 heteroatoms. The maximum absolute atomic E-state index is 6.21. The van der Waals surface area contributed by atoms with Crippen molar-refractivity contribution >= 4 is 11.6 Å². The largest absolute Gasteiger partial charge is 0.489 e. The molecule has 120 valence electrons. The molecule has 0 aliphatic heterocycles. The summed E-state index contributed by atoms with van der Waals surface area (Å²) in [6, 6.07) is 5.78. The van der Waals surface area contributed by atoms with Crippen molar-refractivity contribution in [3.05, 3.63) is 28.8 Å². The third kappa shape index (κ3) is 7.67. The summed E-state index contributed by atoms with van der Waals surface area (Å²) in [6.07, 6.45) is 0. The van der Waals surface area contributed by atoms with Crippen molar-refractivity contribution < 1.29 is 14.2 Å². The van der Waals surface area contributed by atoms with Crippen LogP contribution in [0.15, 0.2) is 18.2 Å². The average molecular weight is 316 g/mol. The Bertz CT molecular complexity index is 399. The fraction of sp³-hybridized carbons (Fsp3) is 0.625. The van der Waals surface area contributed by atoms with E-state index in [1.165, 1.54) is 0 Å².